The summed E-state index contributed by atoms with van der Waals surface area (Å²) in [4.78, 5) is 38.4. The first-order valence-electron chi connectivity index (χ1n) is 7.76. The van der Waals surface area contributed by atoms with Crippen LogP contribution in [0.2, 0.25) is 0 Å². The van der Waals surface area contributed by atoms with Crippen molar-refractivity contribution >= 4 is 11.9 Å². The molecule has 2 N–H and O–H groups in total. The molecule has 1 amide bonds. The minimum atomic E-state index is -0.898. The van der Waals surface area contributed by atoms with E-state index in [0.717, 1.165) is 5.56 Å². The highest BCUT2D eigenvalue weighted by Crippen LogP contribution is 2.14. The van der Waals surface area contributed by atoms with E-state index in [-0.39, 0.29) is 18.3 Å². The van der Waals surface area contributed by atoms with Crippen molar-refractivity contribution in [3.63, 3.8) is 0 Å². The van der Waals surface area contributed by atoms with Gasteiger partial charge in [0.1, 0.15) is 0 Å². The fraction of sp³-hybridized carbons (Fsp3) is 0.375. The smallest absolute Gasteiger partial charge is 0.309 e. The number of nitrogens with zero attached hydrogens (tertiary/aromatic N) is 4. The number of H-pyrrole nitrogens is 1. The molecule has 0 radical (unpaired) electrons. The van der Waals surface area contributed by atoms with E-state index in [9.17, 15) is 14.7 Å². The van der Waals surface area contributed by atoms with E-state index >= 15 is 0 Å². The molecule has 1 fully saturated rings. The zero-order valence-electron chi connectivity index (χ0n) is 13.1. The first-order valence-corrected chi connectivity index (χ1v) is 7.76. The maximum absolute atomic E-state index is 12.5. The van der Waals surface area contributed by atoms with Gasteiger partial charge in [-0.1, -0.05) is 6.07 Å². The fourth-order valence-electron chi connectivity index (χ4n) is 2.85. The highest BCUT2D eigenvalue weighted by atomic mass is 16.4. The maximum atomic E-state index is 12.5. The number of rotatable bonds is 4. The lowest BCUT2D eigenvalue weighted by molar-refractivity contribution is -0.142. The molecule has 126 valence electrons. The predicted molar refractivity (Wildman–Crippen MR) is 85.1 cm³/mol. The van der Waals surface area contributed by atoms with Crippen molar-refractivity contribution in [2.75, 3.05) is 26.2 Å². The minimum absolute atomic E-state index is 0.179. The molecule has 2 aromatic heterocycles. The molecule has 1 aliphatic heterocycles. The van der Waals surface area contributed by atoms with Crippen LogP contribution >= 0.6 is 0 Å². The summed E-state index contributed by atoms with van der Waals surface area (Å²) in [6.07, 6.45) is 6.56. The zero-order chi connectivity index (χ0) is 16.9. The Hall–Kier alpha value is -2.74. The number of imidazole rings is 1. The molecule has 0 unspecified atom stereocenters. The number of pyridine rings is 1. The summed E-state index contributed by atoms with van der Waals surface area (Å²) in [5.41, 5.74) is 1.02. The summed E-state index contributed by atoms with van der Waals surface area (Å²) in [7, 11) is 0. The molecule has 3 heterocycles. The van der Waals surface area contributed by atoms with Crippen molar-refractivity contribution in [2.45, 2.75) is 6.54 Å². The molecule has 1 aliphatic rings. The summed E-state index contributed by atoms with van der Waals surface area (Å²) < 4.78 is 0. The first-order chi connectivity index (χ1) is 11.6. The average molecular weight is 329 g/mol. The van der Waals surface area contributed by atoms with Crippen molar-refractivity contribution in [1.29, 1.82) is 0 Å². The van der Waals surface area contributed by atoms with Crippen molar-refractivity contribution < 1.29 is 14.7 Å². The van der Waals surface area contributed by atoms with Gasteiger partial charge in [-0.3, -0.25) is 19.5 Å². The van der Waals surface area contributed by atoms with Crippen LogP contribution in [-0.4, -0.2) is 67.9 Å². The minimum Gasteiger partial charge on any atom is -0.481 e. The number of carbonyl (C=O) groups is 2. The van der Waals surface area contributed by atoms with Crippen molar-refractivity contribution in [3.8, 4) is 0 Å². The van der Waals surface area contributed by atoms with Crippen molar-refractivity contribution in [2.24, 2.45) is 5.92 Å². The molecule has 8 nitrogen and oxygen atoms in total. The Morgan fingerprint density at radius 3 is 2.83 bits per heavy atom. The maximum Gasteiger partial charge on any atom is 0.309 e. The quantitative estimate of drug-likeness (QED) is 0.845. The second-order valence-electron chi connectivity index (χ2n) is 5.82. The summed E-state index contributed by atoms with van der Waals surface area (Å²) >= 11 is 0. The number of hydrogen-bond acceptors (Lipinski definition) is 5. The largest absolute Gasteiger partial charge is 0.481 e. The summed E-state index contributed by atoms with van der Waals surface area (Å²) in [5.74, 6) is -1.57. The zero-order valence-corrected chi connectivity index (χ0v) is 13.1. The fourth-order valence-corrected chi connectivity index (χ4v) is 2.85. The number of carboxylic acid groups (broad SMARTS) is 1. The van der Waals surface area contributed by atoms with Gasteiger partial charge in [0.05, 0.1) is 5.92 Å². The molecule has 2 aromatic rings. The van der Waals surface area contributed by atoms with Crippen LogP contribution in [0.1, 0.15) is 16.2 Å². The second-order valence-corrected chi connectivity index (χ2v) is 5.82. The number of aliphatic carboxylic acids is 1. The van der Waals surface area contributed by atoms with E-state index in [2.05, 4.69) is 15.0 Å². The van der Waals surface area contributed by atoms with Gasteiger partial charge < -0.3 is 15.0 Å². The molecule has 3 rings (SSSR count). The number of aromatic nitrogens is 3. The van der Waals surface area contributed by atoms with Crippen molar-refractivity contribution in [3.05, 3.63) is 48.3 Å². The van der Waals surface area contributed by atoms with Gasteiger partial charge >= 0.3 is 5.97 Å². The van der Waals surface area contributed by atoms with Gasteiger partial charge in [0, 0.05) is 57.5 Å². The Morgan fingerprint density at radius 1 is 1.29 bits per heavy atom. The lowest BCUT2D eigenvalue weighted by atomic mass is 10.1. The van der Waals surface area contributed by atoms with Gasteiger partial charge in [0.25, 0.3) is 5.91 Å². The Kier molecular flexibility index (Phi) is 4.85. The van der Waals surface area contributed by atoms with Gasteiger partial charge in [0.2, 0.25) is 0 Å². The topological polar surface area (TPSA) is 102 Å². The number of carboxylic acids is 1. The number of aromatic amines is 1. The number of amides is 1. The van der Waals surface area contributed by atoms with Crippen LogP contribution in [0.25, 0.3) is 0 Å². The lowest BCUT2D eigenvalue weighted by Crippen LogP contribution is -2.38. The predicted octanol–water partition coefficient (Wildman–Crippen LogP) is 0.464. The van der Waals surface area contributed by atoms with E-state index in [1.165, 1.54) is 6.20 Å². The number of nitrogens with one attached hydrogen (secondary N) is 1. The molecule has 1 saturated heterocycles. The van der Waals surface area contributed by atoms with Gasteiger partial charge in [0.15, 0.2) is 5.82 Å². The van der Waals surface area contributed by atoms with Crippen LogP contribution < -0.4 is 0 Å². The third kappa shape index (κ3) is 3.77. The first kappa shape index (κ1) is 16.1. The average Bonchev–Trinajstić information content (AvgIpc) is 3.03. The Labute approximate surface area is 139 Å². The van der Waals surface area contributed by atoms with Gasteiger partial charge in [-0.2, -0.15) is 0 Å². The van der Waals surface area contributed by atoms with E-state index < -0.39 is 11.9 Å². The van der Waals surface area contributed by atoms with Crippen LogP contribution in [0.3, 0.4) is 0 Å². The molecule has 8 heteroatoms. The Bertz CT molecular complexity index is 689. The third-order valence-corrected chi connectivity index (χ3v) is 4.07. The standard InChI is InChI=1S/C16H19N5O3/c22-15(14-18-4-5-19-14)21-7-6-20(10-13(11-21)16(23)24)9-12-2-1-3-17-8-12/h1-5,8,13H,6-7,9-11H2,(H,18,19)(H,23,24)/t13-/m1/s1. The van der Waals surface area contributed by atoms with Gasteiger partial charge in [-0.15, -0.1) is 0 Å². The lowest BCUT2D eigenvalue weighted by Gasteiger charge is -2.21. The highest BCUT2D eigenvalue weighted by molar-refractivity contribution is 5.90. The number of hydrogen-bond donors (Lipinski definition) is 2. The van der Waals surface area contributed by atoms with Crippen LogP contribution in [0, 0.1) is 5.92 Å². The molecular weight excluding hydrogens is 310 g/mol. The van der Waals surface area contributed by atoms with E-state index in [0.29, 0.717) is 26.2 Å². The summed E-state index contributed by atoms with van der Waals surface area (Å²) in [5, 5.41) is 9.48. The summed E-state index contributed by atoms with van der Waals surface area (Å²) in [6.45, 7) is 2.25. The van der Waals surface area contributed by atoms with Gasteiger partial charge in [-0.25, -0.2) is 4.98 Å². The van der Waals surface area contributed by atoms with E-state index in [1.54, 1.807) is 23.5 Å². The summed E-state index contributed by atoms with van der Waals surface area (Å²) in [6, 6.07) is 3.81. The number of carbonyl (C=O) groups excluding carboxylic acids is 1. The molecule has 0 saturated carbocycles. The molecule has 0 spiro atoms. The van der Waals surface area contributed by atoms with Crippen LogP contribution in [0.5, 0.6) is 0 Å². The van der Waals surface area contributed by atoms with Crippen LogP contribution in [0.4, 0.5) is 0 Å². The molecule has 0 aromatic carbocycles. The van der Waals surface area contributed by atoms with Crippen molar-refractivity contribution in [1.82, 2.24) is 24.8 Å². The molecule has 24 heavy (non-hydrogen) atoms. The van der Waals surface area contributed by atoms with E-state index in [4.69, 9.17) is 0 Å². The molecule has 1 atom stereocenters. The molecular formula is C16H19N5O3. The SMILES string of the molecule is O=C(O)[C@@H]1CN(Cc2cccnc2)CCN(C(=O)c2ncc[nH]2)C1. The highest BCUT2D eigenvalue weighted by Gasteiger charge is 2.31. The Morgan fingerprint density at radius 2 is 2.17 bits per heavy atom. The van der Waals surface area contributed by atoms with E-state index in [1.807, 2.05) is 17.0 Å². The Balaban J connectivity index is 1.72. The van der Waals surface area contributed by atoms with Gasteiger partial charge in [-0.05, 0) is 11.6 Å². The van der Waals surface area contributed by atoms with Crippen LogP contribution in [0.15, 0.2) is 36.9 Å². The third-order valence-electron chi connectivity index (χ3n) is 4.07. The monoisotopic (exact) mass is 329 g/mol. The molecule has 0 bridgehead atoms. The normalized spacial score (nSPS) is 19.0. The molecule has 0 aliphatic carbocycles. The van der Waals surface area contributed by atoms with Crippen LogP contribution in [-0.2, 0) is 11.3 Å². The second kappa shape index (κ2) is 7.22.